The molecule has 8 heteroatoms. The molecule has 1 unspecified atom stereocenters. The highest BCUT2D eigenvalue weighted by molar-refractivity contribution is 5.98. The first-order valence-corrected chi connectivity index (χ1v) is 5.49. The Labute approximate surface area is 106 Å². The number of carbonyl (C=O) groups is 1. The smallest absolute Gasteiger partial charge is 0.296 e. The molecule has 1 saturated heterocycles. The first-order chi connectivity index (χ1) is 8.95. The molecule has 2 rings (SSSR count). The second kappa shape index (κ2) is 4.88. The Hall–Kier alpha value is -2.09. The molecular formula is C11H10F2N2O4. The van der Waals surface area contributed by atoms with Gasteiger partial charge in [0.05, 0.1) is 4.92 Å². The summed E-state index contributed by atoms with van der Waals surface area (Å²) < 4.78 is 26.9. The van der Waals surface area contributed by atoms with Crippen molar-refractivity contribution in [1.82, 2.24) is 0 Å². The quantitative estimate of drug-likeness (QED) is 0.662. The van der Waals surface area contributed by atoms with Gasteiger partial charge < -0.3 is 10.0 Å². The minimum atomic E-state index is -1.43. The van der Waals surface area contributed by atoms with Crippen molar-refractivity contribution in [2.24, 2.45) is 5.92 Å². The maximum atomic E-state index is 13.7. The summed E-state index contributed by atoms with van der Waals surface area (Å²) in [6.07, 6.45) is -0.0520. The zero-order valence-corrected chi connectivity index (χ0v) is 9.68. The van der Waals surface area contributed by atoms with Gasteiger partial charge in [-0.25, -0.2) is 8.78 Å². The van der Waals surface area contributed by atoms with Crippen LogP contribution in [0.3, 0.4) is 0 Å². The summed E-state index contributed by atoms with van der Waals surface area (Å²) in [5.74, 6) is -3.71. The molecule has 0 radical (unpaired) electrons. The number of aliphatic hydroxyl groups excluding tert-OH is 1. The molecule has 1 aromatic carbocycles. The Bertz CT molecular complexity index is 550. The number of amides is 1. The van der Waals surface area contributed by atoms with Gasteiger partial charge in [-0.2, -0.15) is 0 Å². The molecule has 1 aromatic rings. The number of hydrogen-bond donors (Lipinski definition) is 1. The number of hydrogen-bond acceptors (Lipinski definition) is 4. The summed E-state index contributed by atoms with van der Waals surface area (Å²) in [6.45, 7) is -0.372. The fourth-order valence-corrected chi connectivity index (χ4v) is 2.05. The lowest BCUT2D eigenvalue weighted by atomic mass is 10.1. The Morgan fingerprint density at radius 1 is 1.47 bits per heavy atom. The van der Waals surface area contributed by atoms with Gasteiger partial charge in [0.15, 0.2) is 17.3 Å². The van der Waals surface area contributed by atoms with Crippen molar-refractivity contribution in [3.63, 3.8) is 0 Å². The van der Waals surface area contributed by atoms with Crippen LogP contribution >= 0.6 is 0 Å². The fraction of sp³-hybridized carbons (Fsp3) is 0.364. The van der Waals surface area contributed by atoms with E-state index in [1.54, 1.807) is 0 Å². The molecule has 0 bridgehead atoms. The van der Waals surface area contributed by atoms with E-state index in [0.29, 0.717) is 6.07 Å². The van der Waals surface area contributed by atoms with Crippen molar-refractivity contribution >= 4 is 17.3 Å². The van der Waals surface area contributed by atoms with Crippen LogP contribution < -0.4 is 4.90 Å². The lowest BCUT2D eigenvalue weighted by Gasteiger charge is -2.17. The number of carbonyl (C=O) groups excluding carboxylic acids is 1. The van der Waals surface area contributed by atoms with Crippen molar-refractivity contribution in [3.8, 4) is 0 Å². The summed E-state index contributed by atoms with van der Waals surface area (Å²) in [4.78, 5) is 22.5. The van der Waals surface area contributed by atoms with E-state index in [1.165, 1.54) is 0 Å². The maximum Gasteiger partial charge on any atom is 0.296 e. The van der Waals surface area contributed by atoms with Crippen molar-refractivity contribution in [2.75, 3.05) is 18.1 Å². The predicted octanol–water partition coefficient (Wildman–Crippen LogP) is 1.22. The molecule has 1 N–H and O–H groups in total. The first-order valence-electron chi connectivity index (χ1n) is 5.49. The summed E-state index contributed by atoms with van der Waals surface area (Å²) in [7, 11) is 0. The van der Waals surface area contributed by atoms with E-state index >= 15 is 0 Å². The van der Waals surface area contributed by atoms with E-state index in [0.717, 1.165) is 11.0 Å². The van der Waals surface area contributed by atoms with Gasteiger partial charge in [-0.1, -0.05) is 0 Å². The molecule has 1 heterocycles. The fourth-order valence-electron chi connectivity index (χ4n) is 2.05. The number of nitro groups is 1. The Morgan fingerprint density at radius 3 is 2.68 bits per heavy atom. The van der Waals surface area contributed by atoms with Crippen LogP contribution in [-0.4, -0.2) is 29.1 Å². The molecule has 1 atom stereocenters. The van der Waals surface area contributed by atoms with E-state index in [2.05, 4.69) is 0 Å². The molecular weight excluding hydrogens is 262 g/mol. The van der Waals surface area contributed by atoms with Gasteiger partial charge in [-0.05, 0) is 6.07 Å². The van der Waals surface area contributed by atoms with Crippen LogP contribution in [0.15, 0.2) is 12.1 Å². The van der Waals surface area contributed by atoms with Gasteiger partial charge in [0.25, 0.3) is 5.69 Å². The topological polar surface area (TPSA) is 83.7 Å². The molecule has 19 heavy (non-hydrogen) atoms. The standard InChI is InChI=1S/C11H10F2N2O4/c12-7-1-2-8(15(18)19)11(10(7)13)14-4-6(5-16)3-9(14)17/h1-2,6,16H,3-5H2. The van der Waals surface area contributed by atoms with Crippen molar-refractivity contribution in [1.29, 1.82) is 0 Å². The molecule has 102 valence electrons. The average molecular weight is 272 g/mol. The van der Waals surface area contributed by atoms with Crippen LogP contribution in [0, 0.1) is 27.7 Å². The lowest BCUT2D eigenvalue weighted by molar-refractivity contribution is -0.384. The van der Waals surface area contributed by atoms with Crippen molar-refractivity contribution < 1.29 is 23.6 Å². The summed E-state index contributed by atoms with van der Waals surface area (Å²) in [5.41, 5.74) is -1.35. The molecule has 6 nitrogen and oxygen atoms in total. The summed E-state index contributed by atoms with van der Waals surface area (Å²) in [5, 5.41) is 19.8. The van der Waals surface area contributed by atoms with E-state index < -0.39 is 39.8 Å². The number of benzene rings is 1. The zero-order chi connectivity index (χ0) is 14.2. The minimum Gasteiger partial charge on any atom is -0.396 e. The number of anilines is 1. The highest BCUT2D eigenvalue weighted by Crippen LogP contribution is 2.36. The number of nitro benzene ring substituents is 1. The largest absolute Gasteiger partial charge is 0.396 e. The monoisotopic (exact) mass is 272 g/mol. The zero-order valence-electron chi connectivity index (χ0n) is 9.68. The molecule has 0 aromatic heterocycles. The van der Waals surface area contributed by atoms with Crippen LogP contribution in [0.5, 0.6) is 0 Å². The van der Waals surface area contributed by atoms with E-state index in [9.17, 15) is 23.7 Å². The Balaban J connectivity index is 2.52. The number of halogens is 2. The van der Waals surface area contributed by atoms with Crippen LogP contribution in [0.4, 0.5) is 20.2 Å². The van der Waals surface area contributed by atoms with Gasteiger partial charge >= 0.3 is 0 Å². The second-order valence-electron chi connectivity index (χ2n) is 4.24. The van der Waals surface area contributed by atoms with Crippen LogP contribution in [0.2, 0.25) is 0 Å². The Morgan fingerprint density at radius 2 is 2.16 bits per heavy atom. The summed E-state index contributed by atoms with van der Waals surface area (Å²) in [6, 6.07) is 1.45. The highest BCUT2D eigenvalue weighted by Gasteiger charge is 2.36. The third-order valence-corrected chi connectivity index (χ3v) is 2.98. The van der Waals surface area contributed by atoms with Crippen LogP contribution in [-0.2, 0) is 4.79 Å². The minimum absolute atomic E-state index is 0.0520. The van der Waals surface area contributed by atoms with Gasteiger partial charge in [-0.3, -0.25) is 14.9 Å². The third kappa shape index (κ3) is 2.26. The SMILES string of the molecule is O=C1CC(CO)CN1c1c([N+](=O)[O-])ccc(F)c1F. The van der Waals surface area contributed by atoms with E-state index in [1.807, 2.05) is 0 Å². The number of aliphatic hydroxyl groups is 1. The predicted molar refractivity (Wildman–Crippen MR) is 60.6 cm³/mol. The van der Waals surface area contributed by atoms with Crippen LogP contribution in [0.25, 0.3) is 0 Å². The average Bonchev–Trinajstić information content (AvgIpc) is 2.73. The normalized spacial score (nSPS) is 19.0. The first kappa shape index (κ1) is 13.3. The van der Waals surface area contributed by atoms with Gasteiger partial charge in [-0.15, -0.1) is 0 Å². The molecule has 0 aliphatic carbocycles. The molecule has 1 fully saturated rings. The summed E-state index contributed by atoms with van der Waals surface area (Å²) >= 11 is 0. The van der Waals surface area contributed by atoms with Gasteiger partial charge in [0.2, 0.25) is 5.91 Å². The van der Waals surface area contributed by atoms with E-state index in [-0.39, 0.29) is 19.6 Å². The number of nitrogens with zero attached hydrogens (tertiary/aromatic N) is 2. The Kier molecular flexibility index (Phi) is 3.43. The maximum absolute atomic E-state index is 13.7. The number of rotatable bonds is 3. The van der Waals surface area contributed by atoms with Crippen LogP contribution in [0.1, 0.15) is 6.42 Å². The second-order valence-corrected chi connectivity index (χ2v) is 4.24. The molecule has 1 amide bonds. The van der Waals surface area contributed by atoms with Crippen molar-refractivity contribution in [2.45, 2.75) is 6.42 Å². The molecule has 0 saturated carbocycles. The van der Waals surface area contributed by atoms with Crippen molar-refractivity contribution in [3.05, 3.63) is 33.9 Å². The highest BCUT2D eigenvalue weighted by atomic mass is 19.2. The molecule has 1 aliphatic heterocycles. The van der Waals surface area contributed by atoms with Gasteiger partial charge in [0, 0.05) is 31.6 Å². The lowest BCUT2D eigenvalue weighted by Crippen LogP contribution is -2.27. The third-order valence-electron chi connectivity index (χ3n) is 2.98. The molecule has 1 aliphatic rings. The van der Waals surface area contributed by atoms with E-state index in [4.69, 9.17) is 5.11 Å². The van der Waals surface area contributed by atoms with Gasteiger partial charge in [0.1, 0.15) is 0 Å². The molecule has 0 spiro atoms.